The van der Waals surface area contributed by atoms with Crippen LogP contribution in [0.25, 0.3) is 0 Å². The summed E-state index contributed by atoms with van der Waals surface area (Å²) in [6.07, 6.45) is 0. The Bertz CT molecular complexity index is 668. The minimum atomic E-state index is -0.349. The van der Waals surface area contributed by atoms with E-state index in [0.717, 1.165) is 11.1 Å². The zero-order valence-corrected chi connectivity index (χ0v) is 12.0. The van der Waals surface area contributed by atoms with Crippen LogP contribution in [0.5, 0.6) is 5.75 Å². The van der Waals surface area contributed by atoms with Gasteiger partial charge in [0.1, 0.15) is 18.2 Å². The molecule has 2 aromatic carbocycles. The highest BCUT2D eigenvalue weighted by Gasteiger charge is 2.09. The molecule has 0 fully saturated rings. The van der Waals surface area contributed by atoms with E-state index in [-0.39, 0.29) is 12.4 Å². The normalized spacial score (nSPS) is 10.2. The van der Waals surface area contributed by atoms with Crippen molar-refractivity contribution in [2.75, 3.05) is 0 Å². The molecule has 0 amide bonds. The standard InChI is InChI=1S/C16H13ClFNO/c1-10-5-12(8-19)6-11(2)16(10)20-9-13-7-14(17)3-4-15(13)18/h3-7H,9H2,1-2H3. The Hall–Kier alpha value is -2.05. The fourth-order valence-electron chi connectivity index (χ4n) is 2.05. The number of rotatable bonds is 3. The smallest absolute Gasteiger partial charge is 0.129 e. The Morgan fingerprint density at radius 1 is 1.20 bits per heavy atom. The van der Waals surface area contributed by atoms with E-state index in [1.54, 1.807) is 18.2 Å². The van der Waals surface area contributed by atoms with Crippen molar-refractivity contribution < 1.29 is 9.13 Å². The molecule has 0 aliphatic carbocycles. The van der Waals surface area contributed by atoms with Gasteiger partial charge in [-0.3, -0.25) is 0 Å². The summed E-state index contributed by atoms with van der Waals surface area (Å²) in [4.78, 5) is 0. The van der Waals surface area contributed by atoms with E-state index in [9.17, 15) is 4.39 Å². The van der Waals surface area contributed by atoms with Crippen molar-refractivity contribution >= 4 is 11.6 Å². The molecule has 2 nitrogen and oxygen atoms in total. The van der Waals surface area contributed by atoms with Crippen molar-refractivity contribution in [3.63, 3.8) is 0 Å². The van der Waals surface area contributed by atoms with Gasteiger partial charge in [-0.25, -0.2) is 4.39 Å². The number of benzene rings is 2. The van der Waals surface area contributed by atoms with Crippen molar-refractivity contribution in [1.29, 1.82) is 5.26 Å². The highest BCUT2D eigenvalue weighted by molar-refractivity contribution is 6.30. The number of hydrogen-bond donors (Lipinski definition) is 0. The number of halogens is 2. The molecule has 0 atom stereocenters. The molecule has 0 unspecified atom stereocenters. The molecule has 0 saturated heterocycles. The van der Waals surface area contributed by atoms with Crippen LogP contribution in [0.15, 0.2) is 30.3 Å². The first-order valence-electron chi connectivity index (χ1n) is 6.09. The molecule has 0 aliphatic heterocycles. The zero-order valence-electron chi connectivity index (χ0n) is 11.2. The van der Waals surface area contributed by atoms with Gasteiger partial charge in [-0.15, -0.1) is 0 Å². The molecule has 102 valence electrons. The van der Waals surface area contributed by atoms with Crippen LogP contribution in [0.1, 0.15) is 22.3 Å². The summed E-state index contributed by atoms with van der Waals surface area (Å²) in [5.74, 6) is 0.321. The maximum Gasteiger partial charge on any atom is 0.129 e. The molecule has 0 heterocycles. The topological polar surface area (TPSA) is 33.0 Å². The molecule has 0 spiro atoms. The van der Waals surface area contributed by atoms with Crippen LogP contribution in [0.3, 0.4) is 0 Å². The quantitative estimate of drug-likeness (QED) is 0.830. The third-order valence-electron chi connectivity index (χ3n) is 2.97. The van der Waals surface area contributed by atoms with Crippen LogP contribution in [-0.4, -0.2) is 0 Å². The molecule has 0 aromatic heterocycles. The summed E-state index contributed by atoms with van der Waals surface area (Å²) < 4.78 is 19.3. The zero-order chi connectivity index (χ0) is 14.7. The predicted molar refractivity (Wildman–Crippen MR) is 76.4 cm³/mol. The first-order valence-corrected chi connectivity index (χ1v) is 6.47. The number of nitriles is 1. The number of aryl methyl sites for hydroxylation is 2. The lowest BCUT2D eigenvalue weighted by atomic mass is 10.1. The lowest BCUT2D eigenvalue weighted by Crippen LogP contribution is -2.01. The van der Waals surface area contributed by atoms with E-state index in [2.05, 4.69) is 6.07 Å². The van der Waals surface area contributed by atoms with Crippen LogP contribution in [-0.2, 0) is 6.61 Å². The number of hydrogen-bond acceptors (Lipinski definition) is 2. The van der Waals surface area contributed by atoms with Gasteiger partial charge in [-0.05, 0) is 55.3 Å². The molecule has 2 rings (SSSR count). The van der Waals surface area contributed by atoms with Crippen LogP contribution in [0.4, 0.5) is 4.39 Å². The molecule has 0 radical (unpaired) electrons. The van der Waals surface area contributed by atoms with Gasteiger partial charge in [-0.2, -0.15) is 5.26 Å². The Kier molecular flexibility index (Phi) is 4.26. The molecular weight excluding hydrogens is 277 g/mol. The van der Waals surface area contributed by atoms with Gasteiger partial charge < -0.3 is 4.74 Å². The van der Waals surface area contributed by atoms with Crippen LogP contribution < -0.4 is 4.74 Å². The molecule has 0 saturated carbocycles. The molecule has 2 aromatic rings. The maximum atomic E-state index is 13.6. The fraction of sp³-hybridized carbons (Fsp3) is 0.188. The Morgan fingerprint density at radius 2 is 1.85 bits per heavy atom. The van der Waals surface area contributed by atoms with E-state index in [4.69, 9.17) is 21.6 Å². The van der Waals surface area contributed by atoms with Gasteiger partial charge in [-0.1, -0.05) is 11.6 Å². The van der Waals surface area contributed by atoms with E-state index in [1.807, 2.05) is 13.8 Å². The first-order chi connectivity index (χ1) is 9.51. The third kappa shape index (κ3) is 3.09. The van der Waals surface area contributed by atoms with Crippen molar-refractivity contribution in [3.05, 3.63) is 63.4 Å². The van der Waals surface area contributed by atoms with Crippen molar-refractivity contribution in [1.82, 2.24) is 0 Å². The van der Waals surface area contributed by atoms with E-state index >= 15 is 0 Å². The van der Waals surface area contributed by atoms with Crippen molar-refractivity contribution in [3.8, 4) is 11.8 Å². The lowest BCUT2D eigenvalue weighted by molar-refractivity contribution is 0.296. The summed E-state index contributed by atoms with van der Waals surface area (Å²) in [5, 5.41) is 9.37. The van der Waals surface area contributed by atoms with Crippen LogP contribution in [0.2, 0.25) is 5.02 Å². The van der Waals surface area contributed by atoms with E-state index in [1.165, 1.54) is 12.1 Å². The highest BCUT2D eigenvalue weighted by Crippen LogP contribution is 2.26. The second-order valence-corrected chi connectivity index (χ2v) is 5.01. The van der Waals surface area contributed by atoms with Crippen molar-refractivity contribution in [2.45, 2.75) is 20.5 Å². The molecule has 0 aliphatic rings. The number of ether oxygens (including phenoxy) is 1. The van der Waals surface area contributed by atoms with Crippen LogP contribution >= 0.6 is 11.6 Å². The molecule has 4 heteroatoms. The summed E-state index contributed by atoms with van der Waals surface area (Å²) in [6.45, 7) is 3.81. The average molecular weight is 290 g/mol. The van der Waals surface area contributed by atoms with Gasteiger partial charge in [0.2, 0.25) is 0 Å². The average Bonchev–Trinajstić information content (AvgIpc) is 2.41. The predicted octanol–water partition coefficient (Wildman–Crippen LogP) is 4.55. The molecule has 0 bridgehead atoms. The van der Waals surface area contributed by atoms with Gasteiger partial charge in [0.15, 0.2) is 0 Å². The molecule has 0 N–H and O–H groups in total. The SMILES string of the molecule is Cc1cc(C#N)cc(C)c1OCc1cc(Cl)ccc1F. The molecule has 20 heavy (non-hydrogen) atoms. The second-order valence-electron chi connectivity index (χ2n) is 4.58. The Morgan fingerprint density at radius 3 is 2.45 bits per heavy atom. The minimum Gasteiger partial charge on any atom is -0.488 e. The van der Waals surface area contributed by atoms with Gasteiger partial charge >= 0.3 is 0 Å². The van der Waals surface area contributed by atoms with Gasteiger partial charge in [0.05, 0.1) is 11.6 Å². The first kappa shape index (κ1) is 14.4. The third-order valence-corrected chi connectivity index (χ3v) is 3.20. The Balaban J connectivity index is 2.23. The summed E-state index contributed by atoms with van der Waals surface area (Å²) in [5.41, 5.74) is 2.69. The number of nitrogens with zero attached hydrogens (tertiary/aromatic N) is 1. The Labute approximate surface area is 122 Å². The lowest BCUT2D eigenvalue weighted by Gasteiger charge is -2.13. The van der Waals surface area contributed by atoms with Crippen LogP contribution in [0, 0.1) is 31.0 Å². The maximum absolute atomic E-state index is 13.6. The second kappa shape index (κ2) is 5.94. The largest absolute Gasteiger partial charge is 0.488 e. The summed E-state index contributed by atoms with van der Waals surface area (Å²) >= 11 is 5.84. The van der Waals surface area contributed by atoms with E-state index < -0.39 is 0 Å². The van der Waals surface area contributed by atoms with Crippen molar-refractivity contribution in [2.24, 2.45) is 0 Å². The summed E-state index contributed by atoms with van der Waals surface area (Å²) in [7, 11) is 0. The monoisotopic (exact) mass is 289 g/mol. The van der Waals surface area contributed by atoms with Gasteiger partial charge in [0, 0.05) is 10.6 Å². The van der Waals surface area contributed by atoms with Gasteiger partial charge in [0.25, 0.3) is 0 Å². The summed E-state index contributed by atoms with van der Waals surface area (Å²) in [6, 6.07) is 9.95. The minimum absolute atomic E-state index is 0.0972. The van der Waals surface area contributed by atoms with E-state index in [0.29, 0.717) is 21.9 Å². The highest BCUT2D eigenvalue weighted by atomic mass is 35.5. The molecular formula is C16H13ClFNO. The fourth-order valence-corrected chi connectivity index (χ4v) is 2.24.